The molecule has 176 valence electrons. The lowest BCUT2D eigenvalue weighted by Gasteiger charge is -2.10. The molecular formula is C23H22N4O7. The van der Waals surface area contributed by atoms with Gasteiger partial charge in [-0.2, -0.15) is 5.10 Å². The SMILES string of the molecule is CC(C)OC(=O)c1ccc(NC(=O)COC(=O)Cn2nc(C(N)=O)c3ccccc3c2=O)cc1. The van der Waals surface area contributed by atoms with Crippen molar-refractivity contribution in [1.29, 1.82) is 0 Å². The maximum Gasteiger partial charge on any atom is 0.338 e. The molecule has 11 heteroatoms. The van der Waals surface area contributed by atoms with E-state index in [0.29, 0.717) is 11.3 Å². The van der Waals surface area contributed by atoms with Gasteiger partial charge in [-0.1, -0.05) is 18.2 Å². The fourth-order valence-corrected chi connectivity index (χ4v) is 3.01. The smallest absolute Gasteiger partial charge is 0.338 e. The van der Waals surface area contributed by atoms with E-state index >= 15 is 0 Å². The molecule has 0 saturated heterocycles. The van der Waals surface area contributed by atoms with Crippen molar-refractivity contribution in [2.45, 2.75) is 26.5 Å². The molecule has 0 saturated carbocycles. The highest BCUT2D eigenvalue weighted by molar-refractivity contribution is 6.04. The number of hydrogen-bond donors (Lipinski definition) is 2. The Labute approximate surface area is 193 Å². The molecule has 0 atom stereocenters. The molecule has 0 aliphatic heterocycles. The maximum atomic E-state index is 12.6. The van der Waals surface area contributed by atoms with Crippen LogP contribution in [0.25, 0.3) is 10.8 Å². The van der Waals surface area contributed by atoms with Crippen molar-refractivity contribution in [2.75, 3.05) is 11.9 Å². The molecule has 11 nitrogen and oxygen atoms in total. The predicted octanol–water partition coefficient (Wildman–Crippen LogP) is 1.24. The number of nitrogens with two attached hydrogens (primary N) is 1. The molecule has 0 aliphatic carbocycles. The van der Waals surface area contributed by atoms with Gasteiger partial charge in [0, 0.05) is 11.1 Å². The van der Waals surface area contributed by atoms with Crippen LogP contribution >= 0.6 is 0 Å². The second-order valence-electron chi connectivity index (χ2n) is 7.46. The molecule has 3 aromatic rings. The van der Waals surface area contributed by atoms with Crippen molar-refractivity contribution < 1.29 is 28.7 Å². The standard InChI is InChI=1S/C23H22N4O7/c1-13(2)34-23(32)14-7-9-15(10-8-14)25-18(28)12-33-19(29)11-27-22(31)17-6-4-3-5-16(17)20(26-27)21(24)30/h3-10,13H,11-12H2,1-2H3,(H2,24,30)(H,25,28). The molecule has 0 aliphatic rings. The van der Waals surface area contributed by atoms with E-state index in [1.54, 1.807) is 26.0 Å². The highest BCUT2D eigenvalue weighted by Crippen LogP contribution is 2.13. The zero-order chi connectivity index (χ0) is 24.8. The third kappa shape index (κ3) is 5.82. The van der Waals surface area contributed by atoms with E-state index in [0.717, 1.165) is 4.68 Å². The molecule has 0 radical (unpaired) electrons. The molecule has 3 N–H and O–H groups in total. The number of carbonyl (C=O) groups excluding carboxylic acids is 4. The fraction of sp³-hybridized carbons (Fsp3) is 0.217. The monoisotopic (exact) mass is 466 g/mol. The number of fused-ring (bicyclic) bond motifs is 1. The van der Waals surface area contributed by atoms with Crippen molar-refractivity contribution in [1.82, 2.24) is 9.78 Å². The Hall–Kier alpha value is -4.54. The molecule has 0 bridgehead atoms. The molecule has 1 aromatic heterocycles. The van der Waals surface area contributed by atoms with Crippen LogP contribution in [0, 0.1) is 0 Å². The number of aromatic nitrogens is 2. The Balaban J connectivity index is 1.60. The van der Waals surface area contributed by atoms with Crippen LogP contribution in [0.5, 0.6) is 0 Å². The van der Waals surface area contributed by atoms with Gasteiger partial charge >= 0.3 is 11.9 Å². The van der Waals surface area contributed by atoms with Gasteiger partial charge in [-0.05, 0) is 44.2 Å². The Morgan fingerprint density at radius 3 is 2.29 bits per heavy atom. The first-order chi connectivity index (χ1) is 16.2. The van der Waals surface area contributed by atoms with Crippen LogP contribution in [0.2, 0.25) is 0 Å². The van der Waals surface area contributed by atoms with Crippen LogP contribution in [0.3, 0.4) is 0 Å². The average molecular weight is 466 g/mol. The second-order valence-corrected chi connectivity index (χ2v) is 7.46. The van der Waals surface area contributed by atoms with Gasteiger partial charge in [0.05, 0.1) is 17.1 Å². The van der Waals surface area contributed by atoms with Gasteiger partial charge in [-0.15, -0.1) is 0 Å². The number of hydrogen-bond acceptors (Lipinski definition) is 8. The van der Waals surface area contributed by atoms with Gasteiger partial charge < -0.3 is 20.5 Å². The summed E-state index contributed by atoms with van der Waals surface area (Å²) in [5.41, 5.74) is 5.26. The second kappa shape index (κ2) is 10.4. The van der Waals surface area contributed by atoms with E-state index in [-0.39, 0.29) is 22.6 Å². The summed E-state index contributed by atoms with van der Waals surface area (Å²) in [6, 6.07) is 12.2. The first-order valence-corrected chi connectivity index (χ1v) is 10.2. The van der Waals surface area contributed by atoms with Gasteiger partial charge in [0.25, 0.3) is 17.4 Å². The Morgan fingerprint density at radius 1 is 1.03 bits per heavy atom. The summed E-state index contributed by atoms with van der Waals surface area (Å²) < 4.78 is 10.8. The number of rotatable bonds is 8. The van der Waals surface area contributed by atoms with Crippen molar-refractivity contribution in [3.05, 3.63) is 70.1 Å². The van der Waals surface area contributed by atoms with Crippen LogP contribution in [0.15, 0.2) is 53.3 Å². The van der Waals surface area contributed by atoms with Crippen LogP contribution < -0.4 is 16.6 Å². The van der Waals surface area contributed by atoms with E-state index in [4.69, 9.17) is 15.2 Å². The Kier molecular flexibility index (Phi) is 7.36. The topological polar surface area (TPSA) is 160 Å². The number of ether oxygens (including phenoxy) is 2. The molecular weight excluding hydrogens is 444 g/mol. The molecule has 1 heterocycles. The summed E-state index contributed by atoms with van der Waals surface area (Å²) >= 11 is 0. The predicted molar refractivity (Wildman–Crippen MR) is 121 cm³/mol. The summed E-state index contributed by atoms with van der Waals surface area (Å²) in [5.74, 6) is -2.90. The van der Waals surface area contributed by atoms with Gasteiger partial charge in [0.1, 0.15) is 6.54 Å². The minimum absolute atomic E-state index is 0.164. The van der Waals surface area contributed by atoms with E-state index in [1.807, 2.05) is 0 Å². The van der Waals surface area contributed by atoms with Gasteiger partial charge in [-0.3, -0.25) is 19.2 Å². The number of nitrogens with one attached hydrogen (secondary N) is 1. The van der Waals surface area contributed by atoms with Crippen molar-refractivity contribution >= 4 is 40.2 Å². The summed E-state index contributed by atoms with van der Waals surface area (Å²) in [5, 5.41) is 6.81. The zero-order valence-electron chi connectivity index (χ0n) is 18.4. The largest absolute Gasteiger partial charge is 0.459 e. The summed E-state index contributed by atoms with van der Waals surface area (Å²) in [7, 11) is 0. The number of nitrogens with zero attached hydrogens (tertiary/aromatic N) is 2. The Morgan fingerprint density at radius 2 is 1.68 bits per heavy atom. The Bertz CT molecular complexity index is 1310. The minimum Gasteiger partial charge on any atom is -0.459 e. The first kappa shape index (κ1) is 24.1. The van der Waals surface area contributed by atoms with E-state index in [2.05, 4.69) is 10.4 Å². The lowest BCUT2D eigenvalue weighted by Crippen LogP contribution is -2.32. The van der Waals surface area contributed by atoms with Gasteiger partial charge in [0.15, 0.2) is 12.3 Å². The third-order valence-corrected chi connectivity index (χ3v) is 4.49. The number of primary amides is 1. The van der Waals surface area contributed by atoms with Gasteiger partial charge in [0.2, 0.25) is 0 Å². The number of anilines is 1. The lowest BCUT2D eigenvalue weighted by molar-refractivity contribution is -0.148. The van der Waals surface area contributed by atoms with Crippen molar-refractivity contribution in [2.24, 2.45) is 5.73 Å². The van der Waals surface area contributed by atoms with E-state index in [9.17, 15) is 24.0 Å². The van der Waals surface area contributed by atoms with E-state index in [1.165, 1.54) is 36.4 Å². The number of benzene rings is 2. The van der Waals surface area contributed by atoms with Crippen LogP contribution in [0.1, 0.15) is 34.7 Å². The molecule has 0 fully saturated rings. The number of esters is 2. The number of amides is 2. The molecule has 3 rings (SSSR count). The molecule has 0 spiro atoms. The zero-order valence-corrected chi connectivity index (χ0v) is 18.4. The van der Waals surface area contributed by atoms with Crippen LogP contribution in [-0.2, 0) is 25.6 Å². The summed E-state index contributed by atoms with van der Waals surface area (Å²) in [4.78, 5) is 60.4. The van der Waals surface area contributed by atoms with Crippen LogP contribution in [0.4, 0.5) is 5.69 Å². The van der Waals surface area contributed by atoms with Crippen molar-refractivity contribution in [3.63, 3.8) is 0 Å². The molecule has 34 heavy (non-hydrogen) atoms. The normalized spacial score (nSPS) is 10.7. The van der Waals surface area contributed by atoms with Crippen molar-refractivity contribution in [3.8, 4) is 0 Å². The summed E-state index contributed by atoms with van der Waals surface area (Å²) in [6.07, 6.45) is -0.260. The fourth-order valence-electron chi connectivity index (χ4n) is 3.01. The third-order valence-electron chi connectivity index (χ3n) is 4.49. The molecule has 0 unspecified atom stereocenters. The van der Waals surface area contributed by atoms with E-state index < -0.39 is 42.5 Å². The molecule has 2 aromatic carbocycles. The first-order valence-electron chi connectivity index (χ1n) is 10.2. The quantitative estimate of drug-likeness (QED) is 0.469. The minimum atomic E-state index is -0.915. The average Bonchev–Trinajstić information content (AvgIpc) is 2.79. The highest BCUT2D eigenvalue weighted by atomic mass is 16.5. The maximum absolute atomic E-state index is 12.6. The molecule has 2 amide bonds. The summed E-state index contributed by atoms with van der Waals surface area (Å²) in [6.45, 7) is 2.22. The van der Waals surface area contributed by atoms with Crippen LogP contribution in [-0.4, -0.2) is 46.2 Å². The highest BCUT2D eigenvalue weighted by Gasteiger charge is 2.17. The van der Waals surface area contributed by atoms with Gasteiger partial charge in [-0.25, -0.2) is 9.48 Å². The lowest BCUT2D eigenvalue weighted by atomic mass is 10.1. The number of carbonyl (C=O) groups is 4.